The van der Waals surface area contributed by atoms with Gasteiger partial charge in [0.05, 0.1) is 13.2 Å². The molecule has 1 fully saturated rings. The molecule has 0 spiro atoms. The van der Waals surface area contributed by atoms with E-state index in [0.717, 1.165) is 45.9 Å². The first-order valence-electron chi connectivity index (χ1n) is 7.04. The highest BCUT2D eigenvalue weighted by Gasteiger charge is 2.12. The fourth-order valence-electron chi connectivity index (χ4n) is 1.91. The van der Waals surface area contributed by atoms with Gasteiger partial charge in [-0.3, -0.25) is 4.90 Å². The number of nitrogens with one attached hydrogen (secondary N) is 1. The van der Waals surface area contributed by atoms with Crippen LogP contribution >= 0.6 is 0 Å². The van der Waals surface area contributed by atoms with Crippen LogP contribution in [-0.2, 0) is 9.47 Å². The maximum absolute atomic E-state index is 5.62. The molecule has 0 aromatic rings. The van der Waals surface area contributed by atoms with E-state index in [1.165, 1.54) is 26.2 Å². The molecular formula is C13H29N3O2. The van der Waals surface area contributed by atoms with Gasteiger partial charge in [0.15, 0.2) is 0 Å². The highest BCUT2D eigenvalue weighted by Crippen LogP contribution is 1.98. The Morgan fingerprint density at radius 2 is 1.61 bits per heavy atom. The molecule has 108 valence electrons. The summed E-state index contributed by atoms with van der Waals surface area (Å²) in [7, 11) is 4.12. The van der Waals surface area contributed by atoms with Crippen molar-refractivity contribution in [1.82, 2.24) is 15.1 Å². The molecular weight excluding hydrogens is 230 g/mol. The minimum Gasteiger partial charge on any atom is -0.380 e. The minimum absolute atomic E-state index is 0.789. The molecule has 1 aliphatic rings. The molecule has 0 aliphatic carbocycles. The van der Waals surface area contributed by atoms with Crippen molar-refractivity contribution in [2.45, 2.75) is 6.42 Å². The van der Waals surface area contributed by atoms with Crippen LogP contribution in [0.4, 0.5) is 0 Å². The van der Waals surface area contributed by atoms with E-state index in [9.17, 15) is 0 Å². The molecule has 0 radical (unpaired) electrons. The Balaban J connectivity index is 1.78. The Hall–Kier alpha value is -0.200. The molecule has 1 rings (SSSR count). The lowest BCUT2D eigenvalue weighted by Crippen LogP contribution is -2.45. The number of hydrogen-bond donors (Lipinski definition) is 1. The fraction of sp³-hybridized carbons (Fsp3) is 1.00. The Labute approximate surface area is 111 Å². The second kappa shape index (κ2) is 10.7. The molecule has 0 atom stereocenters. The molecule has 5 heteroatoms. The van der Waals surface area contributed by atoms with Crippen molar-refractivity contribution in [3.63, 3.8) is 0 Å². The summed E-state index contributed by atoms with van der Waals surface area (Å²) in [5.41, 5.74) is 0. The van der Waals surface area contributed by atoms with Gasteiger partial charge in [0.2, 0.25) is 0 Å². The first kappa shape index (κ1) is 15.9. The lowest BCUT2D eigenvalue weighted by atomic mass is 10.3. The molecule has 1 heterocycles. The van der Waals surface area contributed by atoms with Crippen molar-refractivity contribution in [3.05, 3.63) is 0 Å². The summed E-state index contributed by atoms with van der Waals surface area (Å²) in [6.07, 6.45) is 0.993. The fourth-order valence-corrected chi connectivity index (χ4v) is 1.91. The van der Waals surface area contributed by atoms with E-state index in [1.807, 2.05) is 7.05 Å². The van der Waals surface area contributed by atoms with E-state index in [4.69, 9.17) is 9.47 Å². The van der Waals surface area contributed by atoms with Gasteiger partial charge >= 0.3 is 0 Å². The van der Waals surface area contributed by atoms with Crippen LogP contribution in [0, 0.1) is 0 Å². The van der Waals surface area contributed by atoms with E-state index in [2.05, 4.69) is 22.2 Å². The first-order chi connectivity index (χ1) is 8.83. The molecule has 18 heavy (non-hydrogen) atoms. The standard InChI is InChI=1S/C13H29N3O2/c1-14-4-12-17-10-3-11-18-13-9-16-7-5-15(2)6-8-16/h14H,3-13H2,1-2H3. The Morgan fingerprint density at radius 3 is 2.28 bits per heavy atom. The van der Waals surface area contributed by atoms with E-state index in [0.29, 0.717) is 0 Å². The molecule has 0 unspecified atom stereocenters. The quantitative estimate of drug-likeness (QED) is 0.554. The maximum atomic E-state index is 5.62. The van der Waals surface area contributed by atoms with Crippen molar-refractivity contribution < 1.29 is 9.47 Å². The van der Waals surface area contributed by atoms with E-state index < -0.39 is 0 Å². The second-order valence-electron chi connectivity index (χ2n) is 4.83. The molecule has 0 bridgehead atoms. The molecule has 0 aromatic heterocycles. The van der Waals surface area contributed by atoms with Gasteiger partial charge in [0.1, 0.15) is 0 Å². The molecule has 0 amide bonds. The molecule has 5 nitrogen and oxygen atoms in total. The smallest absolute Gasteiger partial charge is 0.0593 e. The van der Waals surface area contributed by atoms with Crippen LogP contribution in [0.1, 0.15) is 6.42 Å². The van der Waals surface area contributed by atoms with Gasteiger partial charge in [-0.1, -0.05) is 0 Å². The minimum atomic E-state index is 0.789. The number of hydrogen-bond acceptors (Lipinski definition) is 5. The predicted molar refractivity (Wildman–Crippen MR) is 74.1 cm³/mol. The number of nitrogens with zero attached hydrogens (tertiary/aromatic N) is 2. The van der Waals surface area contributed by atoms with Crippen LogP contribution in [0.3, 0.4) is 0 Å². The van der Waals surface area contributed by atoms with Crippen LogP contribution in [-0.4, -0.2) is 89.6 Å². The maximum Gasteiger partial charge on any atom is 0.0593 e. The van der Waals surface area contributed by atoms with Gasteiger partial charge in [0.25, 0.3) is 0 Å². The van der Waals surface area contributed by atoms with Crippen molar-refractivity contribution in [1.29, 1.82) is 0 Å². The monoisotopic (exact) mass is 259 g/mol. The summed E-state index contributed by atoms with van der Waals surface area (Å²) in [5.74, 6) is 0. The zero-order chi connectivity index (χ0) is 13.1. The zero-order valence-electron chi connectivity index (χ0n) is 12.0. The Bertz CT molecular complexity index is 185. The van der Waals surface area contributed by atoms with Crippen molar-refractivity contribution >= 4 is 0 Å². The largest absolute Gasteiger partial charge is 0.380 e. The summed E-state index contributed by atoms with van der Waals surface area (Å²) in [6.45, 7) is 9.94. The third-order valence-corrected chi connectivity index (χ3v) is 3.22. The lowest BCUT2D eigenvalue weighted by molar-refractivity contribution is 0.0618. The van der Waals surface area contributed by atoms with Gasteiger partial charge in [-0.25, -0.2) is 0 Å². The van der Waals surface area contributed by atoms with Crippen molar-refractivity contribution in [3.8, 4) is 0 Å². The number of rotatable bonds is 10. The van der Waals surface area contributed by atoms with Gasteiger partial charge in [-0.2, -0.15) is 0 Å². The Kier molecular flexibility index (Phi) is 9.42. The number of ether oxygens (including phenoxy) is 2. The van der Waals surface area contributed by atoms with E-state index in [-0.39, 0.29) is 0 Å². The third kappa shape index (κ3) is 8.00. The SMILES string of the molecule is CNCCOCCCOCCN1CCN(C)CC1. The zero-order valence-corrected chi connectivity index (χ0v) is 12.0. The highest BCUT2D eigenvalue weighted by atomic mass is 16.5. The summed E-state index contributed by atoms with van der Waals surface area (Å²) in [4.78, 5) is 4.85. The summed E-state index contributed by atoms with van der Waals surface area (Å²) >= 11 is 0. The number of piperazine rings is 1. The van der Waals surface area contributed by atoms with E-state index >= 15 is 0 Å². The van der Waals surface area contributed by atoms with Crippen LogP contribution in [0.2, 0.25) is 0 Å². The number of likely N-dealkylation sites (N-methyl/N-ethyl adjacent to an activating group) is 2. The van der Waals surface area contributed by atoms with Crippen LogP contribution in [0.15, 0.2) is 0 Å². The average Bonchev–Trinajstić information content (AvgIpc) is 2.39. The topological polar surface area (TPSA) is 37.0 Å². The lowest BCUT2D eigenvalue weighted by Gasteiger charge is -2.32. The average molecular weight is 259 g/mol. The Morgan fingerprint density at radius 1 is 0.944 bits per heavy atom. The van der Waals surface area contributed by atoms with Gasteiger partial charge < -0.3 is 19.7 Å². The van der Waals surface area contributed by atoms with Gasteiger partial charge in [-0.15, -0.1) is 0 Å². The summed E-state index contributed by atoms with van der Waals surface area (Å²) < 4.78 is 11.0. The second-order valence-corrected chi connectivity index (χ2v) is 4.83. The first-order valence-corrected chi connectivity index (χ1v) is 7.04. The van der Waals surface area contributed by atoms with Crippen molar-refractivity contribution in [2.75, 3.05) is 79.8 Å². The molecule has 1 N–H and O–H groups in total. The third-order valence-electron chi connectivity index (χ3n) is 3.22. The van der Waals surface area contributed by atoms with E-state index in [1.54, 1.807) is 0 Å². The normalized spacial score (nSPS) is 18.3. The summed E-state index contributed by atoms with van der Waals surface area (Å²) in [5, 5.41) is 3.05. The molecule has 0 aromatic carbocycles. The molecule has 1 saturated heterocycles. The summed E-state index contributed by atoms with van der Waals surface area (Å²) in [6, 6.07) is 0. The molecule has 0 saturated carbocycles. The van der Waals surface area contributed by atoms with Crippen molar-refractivity contribution in [2.24, 2.45) is 0 Å². The molecule has 1 aliphatic heterocycles. The van der Waals surface area contributed by atoms with Crippen LogP contribution < -0.4 is 5.32 Å². The van der Waals surface area contributed by atoms with Gasteiger partial charge in [0, 0.05) is 52.5 Å². The predicted octanol–water partition coefficient (Wildman–Crippen LogP) is -0.123. The van der Waals surface area contributed by atoms with Crippen LogP contribution in [0.25, 0.3) is 0 Å². The van der Waals surface area contributed by atoms with Crippen LogP contribution in [0.5, 0.6) is 0 Å². The van der Waals surface area contributed by atoms with Gasteiger partial charge in [-0.05, 0) is 20.5 Å². The highest BCUT2D eigenvalue weighted by molar-refractivity contribution is 4.68.